The summed E-state index contributed by atoms with van der Waals surface area (Å²) in [5, 5.41) is 0. The van der Waals surface area contributed by atoms with Crippen LogP contribution >= 0.6 is 0 Å². The zero-order valence-corrected chi connectivity index (χ0v) is 16.4. The molecule has 146 valence electrons. The number of ether oxygens (including phenoxy) is 1. The lowest BCUT2D eigenvalue weighted by Gasteiger charge is -2.24. The monoisotopic (exact) mass is 374 g/mol. The molecule has 0 aliphatic rings. The predicted octanol–water partition coefficient (Wildman–Crippen LogP) is 0.557. The smallest absolute Gasteiger partial charge is 0.332 e. The van der Waals surface area contributed by atoms with Gasteiger partial charge in [0.05, 0.1) is 6.04 Å². The summed E-state index contributed by atoms with van der Waals surface area (Å²) in [5.41, 5.74) is 5.59. The van der Waals surface area contributed by atoms with Crippen molar-refractivity contribution < 1.29 is 9.53 Å². The van der Waals surface area contributed by atoms with Crippen LogP contribution in [0.15, 0.2) is 33.9 Å². The fourth-order valence-corrected chi connectivity index (χ4v) is 2.64. The number of aromatic nitrogens is 2. The van der Waals surface area contributed by atoms with E-state index in [0.717, 1.165) is 20.4 Å². The molecule has 0 saturated heterocycles. The van der Waals surface area contributed by atoms with Gasteiger partial charge in [0.25, 0.3) is 5.56 Å². The molecule has 27 heavy (non-hydrogen) atoms. The number of nitrogen functional groups attached to an aromatic ring is 1. The molecule has 1 heterocycles. The van der Waals surface area contributed by atoms with Gasteiger partial charge in [-0.25, -0.2) is 4.79 Å². The highest BCUT2D eigenvalue weighted by atomic mass is 16.5. The maximum absolute atomic E-state index is 12.8. The van der Waals surface area contributed by atoms with E-state index in [-0.39, 0.29) is 11.4 Å². The Labute approximate surface area is 157 Å². The summed E-state index contributed by atoms with van der Waals surface area (Å²) < 4.78 is 7.66. The van der Waals surface area contributed by atoms with Crippen LogP contribution in [-0.2, 0) is 14.1 Å². The first kappa shape index (κ1) is 20.4. The summed E-state index contributed by atoms with van der Waals surface area (Å²) in [6.45, 7) is 4.56. The van der Waals surface area contributed by atoms with Crippen molar-refractivity contribution in [2.24, 2.45) is 14.1 Å². The molecular weight excluding hydrogens is 348 g/mol. The number of likely N-dealkylation sites (N-methyl/N-ethyl adjacent to an activating group) is 1. The summed E-state index contributed by atoms with van der Waals surface area (Å²) in [6.07, 6.45) is 0. The Hall–Kier alpha value is -2.87. The summed E-state index contributed by atoms with van der Waals surface area (Å²) >= 11 is 0. The Morgan fingerprint density at radius 1 is 1.19 bits per heavy atom. The standard InChI is InChI=1S/C19H26N4O4/c1-12-6-8-14(9-7-12)27-11-10-21(3)13(2)16(24)15-17(20)22(4)19(26)23(5)18(15)25/h6-9,13H,10-11,20H2,1-5H3. The molecular formula is C19H26N4O4. The summed E-state index contributed by atoms with van der Waals surface area (Å²) in [4.78, 5) is 38.9. The van der Waals surface area contributed by atoms with Crippen molar-refractivity contribution in [3.05, 3.63) is 56.2 Å². The van der Waals surface area contributed by atoms with Crippen LogP contribution in [0.4, 0.5) is 5.82 Å². The van der Waals surface area contributed by atoms with Crippen LogP contribution in [0.2, 0.25) is 0 Å². The van der Waals surface area contributed by atoms with E-state index in [1.807, 2.05) is 31.2 Å². The van der Waals surface area contributed by atoms with Crippen molar-refractivity contribution in [2.45, 2.75) is 19.9 Å². The van der Waals surface area contributed by atoms with E-state index in [9.17, 15) is 14.4 Å². The largest absolute Gasteiger partial charge is 0.492 e. The van der Waals surface area contributed by atoms with Crippen LogP contribution in [0.1, 0.15) is 22.8 Å². The molecule has 2 N–H and O–H groups in total. The van der Waals surface area contributed by atoms with Crippen LogP contribution in [0.3, 0.4) is 0 Å². The van der Waals surface area contributed by atoms with Gasteiger partial charge in [-0.05, 0) is 33.0 Å². The van der Waals surface area contributed by atoms with Gasteiger partial charge >= 0.3 is 5.69 Å². The molecule has 1 unspecified atom stereocenters. The van der Waals surface area contributed by atoms with Crippen molar-refractivity contribution in [2.75, 3.05) is 25.9 Å². The number of benzene rings is 1. The van der Waals surface area contributed by atoms with E-state index in [2.05, 4.69) is 0 Å². The molecule has 1 aromatic heterocycles. The van der Waals surface area contributed by atoms with Crippen molar-refractivity contribution in [1.29, 1.82) is 0 Å². The highest BCUT2D eigenvalue weighted by Crippen LogP contribution is 2.12. The Kier molecular flexibility index (Phi) is 6.22. The molecule has 1 atom stereocenters. The quantitative estimate of drug-likeness (QED) is 0.711. The Morgan fingerprint density at radius 3 is 2.37 bits per heavy atom. The van der Waals surface area contributed by atoms with Crippen molar-refractivity contribution in [3.63, 3.8) is 0 Å². The van der Waals surface area contributed by atoms with Gasteiger partial charge in [-0.15, -0.1) is 0 Å². The summed E-state index contributed by atoms with van der Waals surface area (Å²) in [5.74, 6) is 0.204. The molecule has 0 radical (unpaired) electrons. The Balaban J connectivity index is 2.09. The molecule has 0 aliphatic carbocycles. The second-order valence-electron chi connectivity index (χ2n) is 6.65. The van der Waals surface area contributed by atoms with Gasteiger partial charge in [-0.2, -0.15) is 0 Å². The number of hydrogen-bond acceptors (Lipinski definition) is 6. The number of anilines is 1. The van der Waals surface area contributed by atoms with Crippen LogP contribution in [-0.4, -0.2) is 46.1 Å². The van der Waals surface area contributed by atoms with Crippen molar-refractivity contribution >= 4 is 11.6 Å². The van der Waals surface area contributed by atoms with E-state index in [1.54, 1.807) is 18.9 Å². The van der Waals surface area contributed by atoms with E-state index >= 15 is 0 Å². The van der Waals surface area contributed by atoms with Crippen LogP contribution < -0.4 is 21.7 Å². The van der Waals surface area contributed by atoms with E-state index in [1.165, 1.54) is 14.1 Å². The average molecular weight is 374 g/mol. The van der Waals surface area contributed by atoms with Crippen molar-refractivity contribution in [1.82, 2.24) is 14.0 Å². The molecule has 1 aromatic carbocycles. The van der Waals surface area contributed by atoms with Gasteiger partial charge in [-0.3, -0.25) is 23.6 Å². The minimum Gasteiger partial charge on any atom is -0.492 e. The zero-order valence-electron chi connectivity index (χ0n) is 16.4. The number of aryl methyl sites for hydroxylation is 1. The molecule has 8 heteroatoms. The second kappa shape index (κ2) is 8.22. The van der Waals surface area contributed by atoms with Gasteiger partial charge in [0.1, 0.15) is 23.7 Å². The SMILES string of the molecule is Cc1ccc(OCCN(C)C(C)C(=O)c2c(N)n(C)c(=O)n(C)c2=O)cc1. The van der Waals surface area contributed by atoms with Gasteiger partial charge in [-0.1, -0.05) is 17.7 Å². The number of carbonyl (C=O) groups excluding carboxylic acids is 1. The lowest BCUT2D eigenvalue weighted by Crippen LogP contribution is -2.46. The van der Waals surface area contributed by atoms with Crippen LogP contribution in [0, 0.1) is 6.92 Å². The third-order valence-electron chi connectivity index (χ3n) is 4.73. The number of hydrogen-bond donors (Lipinski definition) is 1. The fraction of sp³-hybridized carbons (Fsp3) is 0.421. The molecule has 0 saturated carbocycles. The molecule has 2 rings (SSSR count). The lowest BCUT2D eigenvalue weighted by atomic mass is 10.1. The average Bonchev–Trinajstić information content (AvgIpc) is 2.65. The predicted molar refractivity (Wildman–Crippen MR) is 104 cm³/mol. The molecule has 0 bridgehead atoms. The Morgan fingerprint density at radius 2 is 1.78 bits per heavy atom. The first-order chi connectivity index (χ1) is 12.6. The molecule has 0 aliphatic heterocycles. The third kappa shape index (κ3) is 4.28. The number of rotatable bonds is 7. The maximum Gasteiger partial charge on any atom is 0.332 e. The third-order valence-corrected chi connectivity index (χ3v) is 4.73. The minimum absolute atomic E-state index is 0.121. The minimum atomic E-state index is -0.684. The lowest BCUT2D eigenvalue weighted by molar-refractivity contribution is 0.0851. The van der Waals surface area contributed by atoms with Gasteiger partial charge < -0.3 is 10.5 Å². The first-order valence-corrected chi connectivity index (χ1v) is 8.64. The van der Waals surface area contributed by atoms with Crippen LogP contribution in [0.25, 0.3) is 0 Å². The molecule has 0 amide bonds. The number of Topliss-reactive ketones (excluding diaryl/α,β-unsaturated/α-hetero) is 1. The molecule has 8 nitrogen and oxygen atoms in total. The molecule has 0 spiro atoms. The van der Waals surface area contributed by atoms with Gasteiger partial charge in [0.15, 0.2) is 5.78 Å². The maximum atomic E-state index is 12.8. The van der Waals surface area contributed by atoms with Crippen molar-refractivity contribution in [3.8, 4) is 5.75 Å². The molecule has 0 fully saturated rings. The van der Waals surface area contributed by atoms with Gasteiger partial charge in [0.2, 0.25) is 0 Å². The normalized spacial score (nSPS) is 12.2. The van der Waals surface area contributed by atoms with E-state index in [0.29, 0.717) is 13.2 Å². The van der Waals surface area contributed by atoms with E-state index < -0.39 is 23.1 Å². The van der Waals surface area contributed by atoms with Crippen LogP contribution in [0.5, 0.6) is 5.75 Å². The zero-order chi connectivity index (χ0) is 20.3. The van der Waals surface area contributed by atoms with Gasteiger partial charge in [0, 0.05) is 20.6 Å². The highest BCUT2D eigenvalue weighted by Gasteiger charge is 2.26. The summed E-state index contributed by atoms with van der Waals surface area (Å²) in [7, 11) is 4.52. The number of nitrogens with zero attached hydrogens (tertiary/aromatic N) is 3. The number of ketones is 1. The number of carbonyl (C=O) groups is 1. The second-order valence-corrected chi connectivity index (χ2v) is 6.65. The highest BCUT2D eigenvalue weighted by molar-refractivity contribution is 6.03. The number of nitrogens with two attached hydrogens (primary N) is 1. The van der Waals surface area contributed by atoms with E-state index in [4.69, 9.17) is 10.5 Å². The fourth-order valence-electron chi connectivity index (χ4n) is 2.64. The molecule has 2 aromatic rings. The topological polar surface area (TPSA) is 99.6 Å². The summed E-state index contributed by atoms with van der Waals surface area (Å²) in [6, 6.07) is 7.10. The Bertz CT molecular complexity index is 944. The first-order valence-electron chi connectivity index (χ1n) is 8.64.